The number of amides is 1. The third-order valence-electron chi connectivity index (χ3n) is 4.94. The molecule has 1 aromatic heterocycles. The van der Waals surface area contributed by atoms with Gasteiger partial charge in [-0.1, -0.05) is 30.3 Å². The van der Waals surface area contributed by atoms with Gasteiger partial charge in [0, 0.05) is 46.4 Å². The Morgan fingerprint density at radius 1 is 1.07 bits per heavy atom. The molecule has 1 amide bonds. The summed E-state index contributed by atoms with van der Waals surface area (Å²) in [7, 11) is 1.79. The summed E-state index contributed by atoms with van der Waals surface area (Å²) in [6.45, 7) is 5.08. The van der Waals surface area contributed by atoms with E-state index in [0.29, 0.717) is 18.8 Å². The van der Waals surface area contributed by atoms with Gasteiger partial charge in [-0.25, -0.2) is 0 Å². The van der Waals surface area contributed by atoms with E-state index in [1.165, 1.54) is 11.8 Å². The van der Waals surface area contributed by atoms with Crippen molar-refractivity contribution in [2.75, 3.05) is 53.0 Å². The summed E-state index contributed by atoms with van der Waals surface area (Å²) in [5, 5.41) is 3.39. The van der Waals surface area contributed by atoms with E-state index in [0.717, 1.165) is 51.6 Å². The number of piperazine rings is 1. The van der Waals surface area contributed by atoms with E-state index in [-0.39, 0.29) is 5.91 Å². The summed E-state index contributed by atoms with van der Waals surface area (Å²) in [4.78, 5) is 20.7. The molecule has 1 fully saturated rings. The molecule has 1 N–H and O–H groups in total. The van der Waals surface area contributed by atoms with Crippen LogP contribution in [0.1, 0.15) is 22.5 Å². The average Bonchev–Trinajstić information content (AvgIpc) is 3.31. The molecule has 0 radical (unpaired) electrons. The third kappa shape index (κ3) is 6.35. The Balaban J connectivity index is 1.29. The Morgan fingerprint density at radius 3 is 2.52 bits per heavy atom. The van der Waals surface area contributed by atoms with E-state index in [2.05, 4.69) is 39.5 Å². The Hall–Kier alpha value is -2.80. The fourth-order valence-corrected chi connectivity index (χ4v) is 3.32. The number of nitrogens with one attached hydrogen (secondary N) is 1. The minimum atomic E-state index is -0.0507. The van der Waals surface area contributed by atoms with Gasteiger partial charge in [-0.3, -0.25) is 9.79 Å². The SMILES string of the molecule is CN=C(NCCCOCCc1ccccc1)N1CCN(C(=O)c2ccco2)CC1. The molecule has 0 spiro atoms. The summed E-state index contributed by atoms with van der Waals surface area (Å²) >= 11 is 0. The molecule has 1 aromatic carbocycles. The summed E-state index contributed by atoms with van der Waals surface area (Å²) in [6.07, 6.45) is 3.39. The first-order valence-corrected chi connectivity index (χ1v) is 10.2. The average molecular weight is 399 g/mol. The first-order valence-electron chi connectivity index (χ1n) is 10.2. The number of furan rings is 1. The van der Waals surface area contributed by atoms with Gasteiger partial charge in [-0.15, -0.1) is 0 Å². The summed E-state index contributed by atoms with van der Waals surface area (Å²) in [5.41, 5.74) is 1.30. The zero-order chi connectivity index (χ0) is 20.3. The minimum Gasteiger partial charge on any atom is -0.459 e. The largest absolute Gasteiger partial charge is 0.459 e. The van der Waals surface area contributed by atoms with Crippen molar-refractivity contribution in [3.63, 3.8) is 0 Å². The van der Waals surface area contributed by atoms with Crippen LogP contribution in [0, 0.1) is 0 Å². The lowest BCUT2D eigenvalue weighted by Crippen LogP contribution is -2.53. The lowest BCUT2D eigenvalue weighted by atomic mass is 10.2. The van der Waals surface area contributed by atoms with E-state index in [4.69, 9.17) is 9.15 Å². The number of carbonyl (C=O) groups is 1. The summed E-state index contributed by atoms with van der Waals surface area (Å²) in [6, 6.07) is 13.8. The van der Waals surface area contributed by atoms with Crippen LogP contribution in [0.4, 0.5) is 0 Å². The molecule has 2 aromatic rings. The van der Waals surface area contributed by atoms with Crippen LogP contribution in [0.15, 0.2) is 58.1 Å². The molecule has 156 valence electrons. The molecular formula is C22H30N4O3. The molecular weight excluding hydrogens is 368 g/mol. The molecule has 0 unspecified atom stereocenters. The number of hydrogen-bond acceptors (Lipinski definition) is 4. The first-order chi connectivity index (χ1) is 14.3. The smallest absolute Gasteiger partial charge is 0.289 e. The van der Waals surface area contributed by atoms with E-state index in [1.54, 1.807) is 19.2 Å². The lowest BCUT2D eigenvalue weighted by Gasteiger charge is -2.36. The van der Waals surface area contributed by atoms with Crippen molar-refractivity contribution in [3.8, 4) is 0 Å². The second kappa shape index (κ2) is 11.3. The number of ether oxygens (including phenoxy) is 1. The van der Waals surface area contributed by atoms with Crippen molar-refractivity contribution in [3.05, 3.63) is 60.1 Å². The molecule has 1 aliphatic rings. The van der Waals surface area contributed by atoms with Crippen molar-refractivity contribution in [2.24, 2.45) is 4.99 Å². The third-order valence-corrected chi connectivity index (χ3v) is 4.94. The predicted octanol–water partition coefficient (Wildman–Crippen LogP) is 2.26. The Labute approximate surface area is 172 Å². The topological polar surface area (TPSA) is 70.3 Å². The van der Waals surface area contributed by atoms with Gasteiger partial charge in [0.1, 0.15) is 0 Å². The molecule has 1 saturated heterocycles. The number of nitrogens with zero attached hydrogens (tertiary/aromatic N) is 3. The van der Waals surface area contributed by atoms with E-state index in [9.17, 15) is 4.79 Å². The maximum absolute atomic E-state index is 12.3. The van der Waals surface area contributed by atoms with Crippen molar-refractivity contribution >= 4 is 11.9 Å². The van der Waals surface area contributed by atoms with Gasteiger partial charge in [-0.05, 0) is 30.5 Å². The van der Waals surface area contributed by atoms with Crippen LogP contribution in [0.2, 0.25) is 0 Å². The van der Waals surface area contributed by atoms with Gasteiger partial charge < -0.3 is 24.3 Å². The Kier molecular flexibility index (Phi) is 8.12. The molecule has 7 heteroatoms. The van der Waals surface area contributed by atoms with Crippen LogP contribution in [-0.2, 0) is 11.2 Å². The quantitative estimate of drug-likeness (QED) is 0.420. The van der Waals surface area contributed by atoms with Crippen molar-refractivity contribution < 1.29 is 13.9 Å². The molecule has 0 aliphatic carbocycles. The normalized spacial score (nSPS) is 14.9. The monoisotopic (exact) mass is 398 g/mol. The summed E-state index contributed by atoms with van der Waals surface area (Å²) in [5.74, 6) is 1.22. The number of hydrogen-bond donors (Lipinski definition) is 1. The standard InChI is InChI=1S/C22H30N4O3/c1-23-22(24-11-6-16-28-18-10-19-7-3-2-4-8-19)26-14-12-25(13-15-26)21(27)20-9-5-17-29-20/h2-5,7-9,17H,6,10-16,18H2,1H3,(H,23,24). The van der Waals surface area contributed by atoms with E-state index < -0.39 is 0 Å². The van der Waals surface area contributed by atoms with Crippen LogP contribution >= 0.6 is 0 Å². The maximum atomic E-state index is 12.3. The van der Waals surface area contributed by atoms with Crippen molar-refractivity contribution in [1.29, 1.82) is 0 Å². The molecule has 0 saturated carbocycles. The molecule has 0 bridgehead atoms. The van der Waals surface area contributed by atoms with Crippen molar-refractivity contribution in [1.82, 2.24) is 15.1 Å². The van der Waals surface area contributed by atoms with Gasteiger partial charge in [0.25, 0.3) is 5.91 Å². The fourth-order valence-electron chi connectivity index (χ4n) is 3.32. The lowest BCUT2D eigenvalue weighted by molar-refractivity contribution is 0.0657. The molecule has 1 aliphatic heterocycles. The predicted molar refractivity (Wildman–Crippen MR) is 113 cm³/mol. The van der Waals surface area contributed by atoms with Gasteiger partial charge >= 0.3 is 0 Å². The molecule has 7 nitrogen and oxygen atoms in total. The highest BCUT2D eigenvalue weighted by Crippen LogP contribution is 2.09. The number of carbonyl (C=O) groups excluding carboxylic acids is 1. The number of guanidine groups is 1. The van der Waals surface area contributed by atoms with Crippen LogP contribution < -0.4 is 5.32 Å². The zero-order valence-electron chi connectivity index (χ0n) is 17.0. The highest BCUT2D eigenvalue weighted by atomic mass is 16.5. The van der Waals surface area contributed by atoms with Gasteiger partial charge in [-0.2, -0.15) is 0 Å². The van der Waals surface area contributed by atoms with Crippen LogP contribution in [0.5, 0.6) is 0 Å². The number of rotatable bonds is 8. The second-order valence-corrected chi connectivity index (χ2v) is 6.93. The molecule has 3 rings (SSSR count). The first kappa shape index (κ1) is 20.9. The van der Waals surface area contributed by atoms with E-state index >= 15 is 0 Å². The summed E-state index contributed by atoms with van der Waals surface area (Å²) < 4.78 is 10.9. The second-order valence-electron chi connectivity index (χ2n) is 6.93. The van der Waals surface area contributed by atoms with E-state index in [1.807, 2.05) is 11.0 Å². The van der Waals surface area contributed by atoms with Crippen LogP contribution in [0.3, 0.4) is 0 Å². The maximum Gasteiger partial charge on any atom is 0.289 e. The van der Waals surface area contributed by atoms with Crippen molar-refractivity contribution in [2.45, 2.75) is 12.8 Å². The van der Waals surface area contributed by atoms with Crippen LogP contribution in [-0.4, -0.2) is 74.7 Å². The number of aliphatic imine (C=N–C) groups is 1. The highest BCUT2D eigenvalue weighted by molar-refractivity contribution is 5.91. The zero-order valence-corrected chi connectivity index (χ0v) is 17.0. The van der Waals surface area contributed by atoms with Gasteiger partial charge in [0.2, 0.25) is 0 Å². The fraction of sp³-hybridized carbons (Fsp3) is 0.455. The number of benzene rings is 1. The molecule has 29 heavy (non-hydrogen) atoms. The molecule has 0 atom stereocenters. The van der Waals surface area contributed by atoms with Gasteiger partial charge in [0.05, 0.1) is 12.9 Å². The highest BCUT2D eigenvalue weighted by Gasteiger charge is 2.24. The Bertz CT molecular complexity index is 754. The van der Waals surface area contributed by atoms with Gasteiger partial charge in [0.15, 0.2) is 11.7 Å². The molecule has 2 heterocycles. The Morgan fingerprint density at radius 2 is 1.83 bits per heavy atom. The van der Waals surface area contributed by atoms with Crippen LogP contribution in [0.25, 0.3) is 0 Å². The minimum absolute atomic E-state index is 0.0507.